The molecule has 2 rings (SSSR count). The Kier molecular flexibility index (Phi) is 3.55. The fourth-order valence-corrected chi connectivity index (χ4v) is 1.94. The minimum Gasteiger partial charge on any atom is -0.496 e. The van der Waals surface area contributed by atoms with Crippen LogP contribution in [0.5, 0.6) is 5.75 Å². The van der Waals surface area contributed by atoms with Crippen LogP contribution in [0, 0.1) is 16.0 Å². The minimum absolute atomic E-state index is 0.1000. The predicted molar refractivity (Wildman–Crippen MR) is 66.7 cm³/mol. The summed E-state index contributed by atoms with van der Waals surface area (Å²) in [7, 11) is 1.31. The van der Waals surface area contributed by atoms with Gasteiger partial charge in [0, 0.05) is 19.2 Å². The van der Waals surface area contributed by atoms with Gasteiger partial charge in [-0.3, -0.25) is 19.7 Å². The molecule has 106 valence electrons. The zero-order valence-electron chi connectivity index (χ0n) is 10.6. The fraction of sp³-hybridized carbons (Fsp3) is 0.333. The molecule has 0 atom stereocenters. The number of carboxylic acids is 1. The van der Waals surface area contributed by atoms with Gasteiger partial charge in [-0.1, -0.05) is 0 Å². The molecule has 1 saturated heterocycles. The number of ether oxygens (including phenoxy) is 1. The standard InChI is InChI=1S/C12H12N2O6/c1-20-10-4-8(14(18)19)2-3-9(10)11(15)13-5-7(6-13)12(16)17/h2-4,7H,5-6H2,1H3,(H,16,17). The van der Waals surface area contributed by atoms with E-state index in [1.807, 2.05) is 0 Å². The van der Waals surface area contributed by atoms with Crippen molar-refractivity contribution < 1.29 is 24.4 Å². The number of nitro groups is 1. The summed E-state index contributed by atoms with van der Waals surface area (Å²) in [5.41, 5.74) is 0.00682. The topological polar surface area (TPSA) is 110 Å². The SMILES string of the molecule is COc1cc([N+](=O)[O-])ccc1C(=O)N1CC(C(=O)O)C1. The molecule has 1 amide bonds. The molecule has 0 aromatic heterocycles. The van der Waals surface area contributed by atoms with Crippen molar-refractivity contribution in [2.45, 2.75) is 0 Å². The summed E-state index contributed by atoms with van der Waals surface area (Å²) in [5.74, 6) is -1.79. The Hall–Kier alpha value is -2.64. The third-order valence-corrected chi connectivity index (χ3v) is 3.14. The van der Waals surface area contributed by atoms with Crippen molar-refractivity contribution in [3.8, 4) is 5.75 Å². The van der Waals surface area contributed by atoms with Crippen LogP contribution in [0.4, 0.5) is 5.69 Å². The van der Waals surface area contributed by atoms with Crippen LogP contribution in [0.15, 0.2) is 18.2 Å². The predicted octanol–water partition coefficient (Wildman–Crippen LogP) is 0.760. The summed E-state index contributed by atoms with van der Waals surface area (Å²) in [4.78, 5) is 34.3. The zero-order chi connectivity index (χ0) is 14.9. The van der Waals surface area contributed by atoms with E-state index in [0.29, 0.717) is 0 Å². The van der Waals surface area contributed by atoms with Crippen molar-refractivity contribution in [2.75, 3.05) is 20.2 Å². The third-order valence-electron chi connectivity index (χ3n) is 3.14. The first-order valence-electron chi connectivity index (χ1n) is 5.78. The number of aliphatic carboxylic acids is 1. The first kappa shape index (κ1) is 13.8. The molecule has 0 radical (unpaired) electrons. The molecule has 0 saturated carbocycles. The maximum Gasteiger partial charge on any atom is 0.310 e. The van der Waals surface area contributed by atoms with E-state index in [9.17, 15) is 19.7 Å². The van der Waals surface area contributed by atoms with Gasteiger partial charge in [-0.25, -0.2) is 0 Å². The van der Waals surface area contributed by atoms with Gasteiger partial charge in [-0.2, -0.15) is 0 Å². The summed E-state index contributed by atoms with van der Waals surface area (Å²) < 4.78 is 4.98. The molecule has 0 unspecified atom stereocenters. The van der Waals surface area contributed by atoms with Crippen molar-refractivity contribution in [1.82, 2.24) is 4.90 Å². The van der Waals surface area contributed by atoms with Gasteiger partial charge < -0.3 is 14.7 Å². The number of carboxylic acid groups (broad SMARTS) is 1. The molecular formula is C12H12N2O6. The van der Waals surface area contributed by atoms with Crippen LogP contribution in [0.1, 0.15) is 10.4 Å². The minimum atomic E-state index is -0.940. The normalized spacial score (nSPS) is 14.6. The lowest BCUT2D eigenvalue weighted by Gasteiger charge is -2.36. The van der Waals surface area contributed by atoms with Crippen LogP contribution >= 0.6 is 0 Å². The Morgan fingerprint density at radius 3 is 2.60 bits per heavy atom. The lowest BCUT2D eigenvalue weighted by molar-refractivity contribution is -0.384. The maximum absolute atomic E-state index is 12.1. The average Bonchev–Trinajstić information content (AvgIpc) is 2.35. The van der Waals surface area contributed by atoms with Crippen molar-refractivity contribution in [1.29, 1.82) is 0 Å². The second kappa shape index (κ2) is 5.16. The number of likely N-dealkylation sites (tertiary alicyclic amines) is 1. The van der Waals surface area contributed by atoms with Gasteiger partial charge in [0.2, 0.25) is 0 Å². The van der Waals surface area contributed by atoms with Crippen molar-refractivity contribution in [3.05, 3.63) is 33.9 Å². The highest BCUT2D eigenvalue weighted by Crippen LogP contribution is 2.28. The van der Waals surface area contributed by atoms with Gasteiger partial charge in [-0.05, 0) is 6.07 Å². The van der Waals surface area contributed by atoms with Gasteiger partial charge in [0.15, 0.2) is 0 Å². The Labute approximate surface area is 113 Å². The fourth-order valence-electron chi connectivity index (χ4n) is 1.94. The van der Waals surface area contributed by atoms with E-state index in [2.05, 4.69) is 0 Å². The van der Waals surface area contributed by atoms with Crippen LogP contribution in [0.25, 0.3) is 0 Å². The number of carbonyl (C=O) groups excluding carboxylic acids is 1. The lowest BCUT2D eigenvalue weighted by atomic mass is 9.99. The number of carbonyl (C=O) groups is 2. The smallest absolute Gasteiger partial charge is 0.310 e. The number of nitro benzene ring substituents is 1. The zero-order valence-corrected chi connectivity index (χ0v) is 10.6. The average molecular weight is 280 g/mol. The summed E-state index contributed by atoms with van der Waals surface area (Å²) in [5, 5.41) is 19.4. The molecule has 1 aliphatic heterocycles. The van der Waals surface area contributed by atoms with E-state index in [-0.39, 0.29) is 30.1 Å². The Balaban J connectivity index is 2.19. The molecule has 1 aromatic carbocycles. The molecule has 20 heavy (non-hydrogen) atoms. The van der Waals surface area contributed by atoms with Gasteiger partial charge in [0.1, 0.15) is 5.75 Å². The highest BCUT2D eigenvalue weighted by atomic mass is 16.6. The number of methoxy groups -OCH3 is 1. The van der Waals surface area contributed by atoms with Gasteiger partial charge >= 0.3 is 5.97 Å². The summed E-state index contributed by atoms with van der Waals surface area (Å²) in [6.45, 7) is 0.266. The van der Waals surface area contributed by atoms with E-state index in [1.165, 1.54) is 30.2 Å². The first-order chi connectivity index (χ1) is 9.43. The lowest BCUT2D eigenvalue weighted by Crippen LogP contribution is -2.53. The number of rotatable bonds is 4. The largest absolute Gasteiger partial charge is 0.496 e. The molecule has 8 heteroatoms. The van der Waals surface area contributed by atoms with Crippen LogP contribution in [0.2, 0.25) is 0 Å². The van der Waals surface area contributed by atoms with Crippen molar-refractivity contribution >= 4 is 17.6 Å². The number of amides is 1. The molecule has 1 aromatic rings. The van der Waals surface area contributed by atoms with E-state index >= 15 is 0 Å². The maximum atomic E-state index is 12.1. The number of hydrogen-bond acceptors (Lipinski definition) is 5. The number of non-ortho nitro benzene ring substituents is 1. The molecule has 1 aliphatic rings. The van der Waals surface area contributed by atoms with E-state index in [0.717, 1.165) is 0 Å². The summed E-state index contributed by atoms with van der Waals surface area (Å²) in [6, 6.07) is 3.69. The molecule has 1 fully saturated rings. The van der Waals surface area contributed by atoms with Crippen molar-refractivity contribution in [3.63, 3.8) is 0 Å². The van der Waals surface area contributed by atoms with Gasteiger partial charge in [-0.15, -0.1) is 0 Å². The highest BCUT2D eigenvalue weighted by molar-refractivity contribution is 5.98. The van der Waals surface area contributed by atoms with Crippen LogP contribution in [-0.2, 0) is 4.79 Å². The van der Waals surface area contributed by atoms with E-state index < -0.39 is 22.7 Å². The second-order valence-electron chi connectivity index (χ2n) is 4.39. The quantitative estimate of drug-likeness (QED) is 0.644. The molecule has 0 spiro atoms. The summed E-state index contributed by atoms with van der Waals surface area (Å²) in [6.07, 6.45) is 0. The number of nitrogens with zero attached hydrogens (tertiary/aromatic N) is 2. The summed E-state index contributed by atoms with van der Waals surface area (Å²) >= 11 is 0. The van der Waals surface area contributed by atoms with Gasteiger partial charge in [0.05, 0.1) is 29.6 Å². The Bertz CT molecular complexity index is 579. The first-order valence-corrected chi connectivity index (χ1v) is 5.78. The van der Waals surface area contributed by atoms with Gasteiger partial charge in [0.25, 0.3) is 11.6 Å². The Morgan fingerprint density at radius 2 is 2.10 bits per heavy atom. The second-order valence-corrected chi connectivity index (χ2v) is 4.39. The van der Waals surface area contributed by atoms with E-state index in [4.69, 9.17) is 9.84 Å². The molecule has 1 N–H and O–H groups in total. The van der Waals surface area contributed by atoms with Crippen LogP contribution in [-0.4, -0.2) is 47.0 Å². The molecule has 1 heterocycles. The number of benzene rings is 1. The van der Waals surface area contributed by atoms with E-state index in [1.54, 1.807) is 0 Å². The van der Waals surface area contributed by atoms with Crippen molar-refractivity contribution in [2.24, 2.45) is 5.92 Å². The van der Waals surface area contributed by atoms with Crippen LogP contribution in [0.3, 0.4) is 0 Å². The molecular weight excluding hydrogens is 268 g/mol. The van der Waals surface area contributed by atoms with Crippen LogP contribution < -0.4 is 4.74 Å². The Morgan fingerprint density at radius 1 is 1.45 bits per heavy atom. The highest BCUT2D eigenvalue weighted by Gasteiger charge is 2.37. The third kappa shape index (κ3) is 2.40. The number of hydrogen-bond donors (Lipinski definition) is 1. The molecule has 0 bridgehead atoms. The molecule has 0 aliphatic carbocycles. The molecule has 8 nitrogen and oxygen atoms in total. The monoisotopic (exact) mass is 280 g/mol.